The summed E-state index contributed by atoms with van der Waals surface area (Å²) in [6.45, 7) is 2.11. The average Bonchev–Trinajstić information content (AvgIpc) is 2.93. The van der Waals surface area contributed by atoms with E-state index in [1.165, 1.54) is 0 Å². The summed E-state index contributed by atoms with van der Waals surface area (Å²) in [6.07, 6.45) is 5.20. The predicted octanol–water partition coefficient (Wildman–Crippen LogP) is 3.53. The van der Waals surface area contributed by atoms with Crippen molar-refractivity contribution in [2.75, 3.05) is 31.0 Å². The van der Waals surface area contributed by atoms with E-state index in [1.807, 2.05) is 6.26 Å². The first-order chi connectivity index (χ1) is 13.0. The lowest BCUT2D eigenvalue weighted by atomic mass is 10.1. The lowest BCUT2D eigenvalue weighted by molar-refractivity contribution is -0.128. The number of nitriles is 1. The molecule has 2 rings (SSSR count). The van der Waals surface area contributed by atoms with E-state index in [0.717, 1.165) is 25.0 Å². The van der Waals surface area contributed by atoms with E-state index < -0.39 is 6.04 Å². The second-order valence-corrected chi connectivity index (χ2v) is 7.76. The van der Waals surface area contributed by atoms with Gasteiger partial charge in [0.2, 0.25) is 5.91 Å². The maximum absolute atomic E-state index is 13.3. The number of carbonyl (C=O) groups excluding carboxylic acids is 2. The van der Waals surface area contributed by atoms with E-state index >= 15 is 0 Å². The summed E-state index contributed by atoms with van der Waals surface area (Å²) in [5.41, 5.74) is 1.26. The molecule has 1 saturated heterocycles. The highest BCUT2D eigenvalue weighted by molar-refractivity contribution is 7.98. The number of benzene rings is 1. The van der Waals surface area contributed by atoms with Gasteiger partial charge in [-0.25, -0.2) is 4.79 Å². The minimum absolute atomic E-state index is 0.0201. The van der Waals surface area contributed by atoms with Crippen LogP contribution in [-0.2, 0) is 4.79 Å². The number of thioether (sulfide) groups is 1. The van der Waals surface area contributed by atoms with E-state index in [1.54, 1.807) is 64.8 Å². The van der Waals surface area contributed by atoms with Crippen molar-refractivity contribution in [2.45, 2.75) is 44.8 Å². The Morgan fingerprint density at radius 3 is 2.52 bits per heavy atom. The number of amides is 3. The highest BCUT2D eigenvalue weighted by atomic mass is 32.2. The fourth-order valence-electron chi connectivity index (χ4n) is 3.41. The van der Waals surface area contributed by atoms with Crippen molar-refractivity contribution in [1.29, 1.82) is 5.26 Å². The standard InChI is InChI=1S/C20H28N4O2S/c1-5-6-7-18-23(3)19(25)17(12-13-27-4)24(18)20(26)22(2)16-10-8-15(14-21)9-11-16/h8-11,17-18H,5-7,12-13H2,1-4H3/t17-,18+/m0/s1. The fourth-order valence-corrected chi connectivity index (χ4v) is 3.87. The highest BCUT2D eigenvalue weighted by Gasteiger charge is 2.46. The van der Waals surface area contributed by atoms with Gasteiger partial charge in [-0.15, -0.1) is 0 Å². The van der Waals surface area contributed by atoms with Crippen LogP contribution in [0.5, 0.6) is 0 Å². The van der Waals surface area contributed by atoms with Crippen molar-refractivity contribution >= 4 is 29.4 Å². The van der Waals surface area contributed by atoms with Crippen LogP contribution >= 0.6 is 11.8 Å². The Bertz CT molecular complexity index is 701. The van der Waals surface area contributed by atoms with Gasteiger partial charge in [0.25, 0.3) is 0 Å². The Kier molecular flexibility index (Phi) is 7.55. The van der Waals surface area contributed by atoms with Crippen molar-refractivity contribution in [3.63, 3.8) is 0 Å². The fraction of sp³-hybridized carbons (Fsp3) is 0.550. The van der Waals surface area contributed by atoms with Crippen LogP contribution in [0.15, 0.2) is 24.3 Å². The maximum atomic E-state index is 13.3. The average molecular weight is 389 g/mol. The molecular formula is C20H28N4O2S. The molecule has 0 aromatic heterocycles. The number of urea groups is 1. The Labute approximate surface area is 166 Å². The minimum atomic E-state index is -0.419. The molecule has 3 amide bonds. The van der Waals surface area contributed by atoms with Gasteiger partial charge in [0.15, 0.2) is 0 Å². The Hall–Kier alpha value is -2.20. The van der Waals surface area contributed by atoms with Crippen molar-refractivity contribution in [3.8, 4) is 6.07 Å². The first-order valence-corrected chi connectivity index (χ1v) is 10.7. The second-order valence-electron chi connectivity index (χ2n) is 6.78. The van der Waals surface area contributed by atoms with Crippen LogP contribution in [0.3, 0.4) is 0 Å². The molecule has 2 atom stereocenters. The first kappa shape index (κ1) is 21.1. The zero-order valence-electron chi connectivity index (χ0n) is 16.5. The third-order valence-electron chi connectivity index (χ3n) is 5.04. The maximum Gasteiger partial charge on any atom is 0.326 e. The van der Waals surface area contributed by atoms with Crippen LogP contribution < -0.4 is 4.90 Å². The van der Waals surface area contributed by atoms with Crippen molar-refractivity contribution in [3.05, 3.63) is 29.8 Å². The van der Waals surface area contributed by atoms with Gasteiger partial charge in [0.05, 0.1) is 11.6 Å². The van der Waals surface area contributed by atoms with Crippen LogP contribution in [0.4, 0.5) is 10.5 Å². The molecule has 0 spiro atoms. The summed E-state index contributed by atoms with van der Waals surface area (Å²) < 4.78 is 0. The highest BCUT2D eigenvalue weighted by Crippen LogP contribution is 2.29. The summed E-state index contributed by atoms with van der Waals surface area (Å²) in [5.74, 6) is 0.849. The van der Waals surface area contributed by atoms with E-state index in [0.29, 0.717) is 17.7 Å². The molecular weight excluding hydrogens is 360 g/mol. The molecule has 1 fully saturated rings. The molecule has 0 bridgehead atoms. The number of likely N-dealkylation sites (N-methyl/N-ethyl adjacent to an activating group) is 1. The largest absolute Gasteiger partial charge is 0.326 e. The smallest absolute Gasteiger partial charge is 0.323 e. The molecule has 1 aromatic rings. The third-order valence-corrected chi connectivity index (χ3v) is 5.68. The first-order valence-electron chi connectivity index (χ1n) is 9.28. The minimum Gasteiger partial charge on any atom is -0.323 e. The Morgan fingerprint density at radius 2 is 1.96 bits per heavy atom. The van der Waals surface area contributed by atoms with Gasteiger partial charge in [-0.1, -0.05) is 13.3 Å². The van der Waals surface area contributed by atoms with Gasteiger partial charge < -0.3 is 4.90 Å². The zero-order chi connectivity index (χ0) is 20.0. The number of unbranched alkanes of at least 4 members (excludes halogenated alkanes) is 1. The number of rotatable bonds is 7. The van der Waals surface area contributed by atoms with Gasteiger partial charge in [0.1, 0.15) is 12.2 Å². The van der Waals surface area contributed by atoms with Crippen LogP contribution in [0.2, 0.25) is 0 Å². The predicted molar refractivity (Wildman–Crippen MR) is 110 cm³/mol. The summed E-state index contributed by atoms with van der Waals surface area (Å²) in [7, 11) is 3.51. The SMILES string of the molecule is CCCC[C@@H]1N(C)C(=O)[C@H](CCSC)N1C(=O)N(C)c1ccc(C#N)cc1. The van der Waals surface area contributed by atoms with Crippen LogP contribution in [-0.4, -0.2) is 60.0 Å². The molecule has 0 unspecified atom stereocenters. The summed E-state index contributed by atoms with van der Waals surface area (Å²) in [6, 6.07) is 8.40. The molecule has 1 aliphatic heterocycles. The molecule has 6 nitrogen and oxygen atoms in total. The molecule has 0 saturated carbocycles. The lowest BCUT2D eigenvalue weighted by Gasteiger charge is -2.33. The van der Waals surface area contributed by atoms with Crippen molar-refractivity contribution < 1.29 is 9.59 Å². The van der Waals surface area contributed by atoms with Gasteiger partial charge in [-0.3, -0.25) is 14.6 Å². The Morgan fingerprint density at radius 1 is 1.30 bits per heavy atom. The van der Waals surface area contributed by atoms with Gasteiger partial charge >= 0.3 is 6.03 Å². The summed E-state index contributed by atoms with van der Waals surface area (Å²) in [5, 5.41) is 8.96. The van der Waals surface area contributed by atoms with Gasteiger partial charge in [0, 0.05) is 19.8 Å². The normalized spacial score (nSPS) is 19.3. The quantitative estimate of drug-likeness (QED) is 0.717. The molecule has 1 aliphatic rings. The zero-order valence-corrected chi connectivity index (χ0v) is 17.3. The summed E-state index contributed by atoms with van der Waals surface area (Å²) in [4.78, 5) is 31.2. The summed E-state index contributed by atoms with van der Waals surface area (Å²) >= 11 is 1.68. The molecule has 7 heteroatoms. The monoisotopic (exact) mass is 388 g/mol. The lowest BCUT2D eigenvalue weighted by Crippen LogP contribution is -2.50. The van der Waals surface area contributed by atoms with E-state index in [-0.39, 0.29) is 18.1 Å². The number of carbonyl (C=O) groups is 2. The number of nitrogens with zero attached hydrogens (tertiary/aromatic N) is 4. The van der Waals surface area contributed by atoms with Crippen molar-refractivity contribution in [2.24, 2.45) is 0 Å². The van der Waals surface area contributed by atoms with Crippen molar-refractivity contribution in [1.82, 2.24) is 9.80 Å². The molecule has 1 heterocycles. The topological polar surface area (TPSA) is 67.7 Å². The molecule has 0 aliphatic carbocycles. The van der Waals surface area contributed by atoms with E-state index in [9.17, 15) is 9.59 Å². The van der Waals surface area contributed by atoms with Crippen LogP contribution in [0.1, 0.15) is 38.2 Å². The Balaban J connectivity index is 2.29. The molecule has 27 heavy (non-hydrogen) atoms. The van der Waals surface area contributed by atoms with E-state index in [4.69, 9.17) is 5.26 Å². The second kappa shape index (κ2) is 9.65. The molecule has 146 valence electrons. The molecule has 1 aromatic carbocycles. The number of hydrogen-bond donors (Lipinski definition) is 0. The van der Waals surface area contributed by atoms with Crippen LogP contribution in [0.25, 0.3) is 0 Å². The number of hydrogen-bond acceptors (Lipinski definition) is 4. The van der Waals surface area contributed by atoms with Gasteiger partial charge in [-0.05, 0) is 55.5 Å². The third kappa shape index (κ3) is 4.56. The molecule has 0 N–H and O–H groups in total. The van der Waals surface area contributed by atoms with Gasteiger partial charge in [-0.2, -0.15) is 17.0 Å². The van der Waals surface area contributed by atoms with E-state index in [2.05, 4.69) is 13.0 Å². The number of anilines is 1. The molecule has 0 radical (unpaired) electrons. The van der Waals surface area contributed by atoms with Crippen LogP contribution in [0, 0.1) is 11.3 Å².